The molecule has 0 unspecified atom stereocenters. The molecule has 0 bridgehead atoms. The predicted molar refractivity (Wildman–Crippen MR) is 108 cm³/mol. The summed E-state index contributed by atoms with van der Waals surface area (Å²) < 4.78 is 25.5. The summed E-state index contributed by atoms with van der Waals surface area (Å²) in [6, 6.07) is 1.02. The summed E-state index contributed by atoms with van der Waals surface area (Å²) in [7, 11) is -9.16. The number of hydrogen-bond donors (Lipinski definition) is 0. The van der Waals surface area contributed by atoms with Crippen LogP contribution in [0.25, 0.3) is 0 Å². The molecule has 0 rings (SSSR count). The average molecular weight is 399 g/mol. The minimum Gasteiger partial charge on any atom is -0.437 e. The second-order valence-electron chi connectivity index (χ2n) is 8.68. The van der Waals surface area contributed by atoms with Gasteiger partial charge in [-0.3, -0.25) is 0 Å². The van der Waals surface area contributed by atoms with Gasteiger partial charge in [0.15, 0.2) is 16.6 Å². The van der Waals surface area contributed by atoms with Gasteiger partial charge >= 0.3 is 26.4 Å². The summed E-state index contributed by atoms with van der Waals surface area (Å²) in [5.41, 5.74) is 0. The fourth-order valence-corrected chi connectivity index (χ4v) is 22.7. The first-order chi connectivity index (χ1) is 9.55. The molecular formula is C13H38O4Si5. The lowest BCUT2D eigenvalue weighted by Crippen LogP contribution is -2.53. The molecule has 134 valence electrons. The third kappa shape index (κ3) is 12.4. The van der Waals surface area contributed by atoms with E-state index in [9.17, 15) is 0 Å². The maximum absolute atomic E-state index is 6.44. The van der Waals surface area contributed by atoms with Crippen molar-refractivity contribution in [2.75, 3.05) is 0 Å². The van der Waals surface area contributed by atoms with Gasteiger partial charge in [0, 0.05) is 0 Å². The molecule has 0 aliphatic heterocycles. The minimum atomic E-state index is -2.12. The summed E-state index contributed by atoms with van der Waals surface area (Å²) in [6.07, 6.45) is 1.09. The largest absolute Gasteiger partial charge is 0.437 e. The maximum Gasteiger partial charge on any atom is 0.312 e. The first-order valence-electron chi connectivity index (χ1n) is 8.31. The Balaban J connectivity index is 4.86. The Morgan fingerprint density at radius 2 is 0.955 bits per heavy atom. The second-order valence-corrected chi connectivity index (χ2v) is 27.7. The summed E-state index contributed by atoms with van der Waals surface area (Å²) in [5, 5.41) is 0. The molecule has 0 radical (unpaired) electrons. The standard InChI is InChI=1S/C13H38O4Si5/c1-12-13-18(14-21(8,9)16-19(2,3)4)15-22(10,11)17-20(5,6)7/h18H,12-13H2,1-11H3. The monoisotopic (exact) mass is 398 g/mol. The van der Waals surface area contributed by atoms with Crippen molar-refractivity contribution in [2.45, 2.75) is 84.9 Å². The van der Waals surface area contributed by atoms with E-state index in [2.05, 4.69) is 72.4 Å². The highest BCUT2D eigenvalue weighted by Gasteiger charge is 2.39. The molecule has 0 aromatic carbocycles. The topological polar surface area (TPSA) is 36.9 Å². The van der Waals surface area contributed by atoms with Gasteiger partial charge in [0.25, 0.3) is 0 Å². The fraction of sp³-hybridized carbons (Fsp3) is 1.00. The van der Waals surface area contributed by atoms with Gasteiger partial charge in [0.05, 0.1) is 0 Å². The van der Waals surface area contributed by atoms with Gasteiger partial charge < -0.3 is 16.5 Å². The van der Waals surface area contributed by atoms with Gasteiger partial charge in [0.2, 0.25) is 0 Å². The molecule has 22 heavy (non-hydrogen) atoms. The number of hydrogen-bond acceptors (Lipinski definition) is 4. The molecule has 0 fully saturated rings. The molecule has 4 nitrogen and oxygen atoms in total. The third-order valence-corrected chi connectivity index (χ3v) is 19.0. The van der Waals surface area contributed by atoms with Gasteiger partial charge in [-0.25, -0.2) is 0 Å². The predicted octanol–water partition coefficient (Wildman–Crippen LogP) is 4.76. The van der Waals surface area contributed by atoms with Crippen molar-refractivity contribution < 1.29 is 16.5 Å². The third-order valence-electron chi connectivity index (χ3n) is 2.46. The van der Waals surface area contributed by atoms with E-state index in [1.807, 2.05) is 0 Å². The molecule has 0 atom stereocenters. The van der Waals surface area contributed by atoms with Crippen LogP contribution in [0.15, 0.2) is 0 Å². The van der Waals surface area contributed by atoms with Gasteiger partial charge in [-0.15, -0.1) is 0 Å². The SMILES string of the molecule is CCC[SiH](O[Si](C)(C)O[Si](C)(C)C)O[Si](C)(C)O[Si](C)(C)C. The van der Waals surface area contributed by atoms with Crippen LogP contribution in [0.1, 0.15) is 13.3 Å². The van der Waals surface area contributed by atoms with Crippen LogP contribution in [0.5, 0.6) is 0 Å². The maximum atomic E-state index is 6.44. The zero-order valence-electron chi connectivity index (χ0n) is 16.6. The van der Waals surface area contributed by atoms with Crippen molar-refractivity contribution in [1.29, 1.82) is 0 Å². The Kier molecular flexibility index (Phi) is 8.69. The van der Waals surface area contributed by atoms with E-state index in [0.29, 0.717) is 0 Å². The van der Waals surface area contributed by atoms with Crippen LogP contribution in [0.3, 0.4) is 0 Å². The van der Waals surface area contributed by atoms with Crippen LogP contribution in [-0.4, -0.2) is 43.0 Å². The molecule has 0 N–H and O–H groups in total. The van der Waals surface area contributed by atoms with Crippen molar-refractivity contribution in [3.8, 4) is 0 Å². The van der Waals surface area contributed by atoms with E-state index in [4.69, 9.17) is 16.5 Å². The van der Waals surface area contributed by atoms with Crippen molar-refractivity contribution >= 4 is 43.0 Å². The zero-order chi connectivity index (χ0) is 17.8. The highest BCUT2D eigenvalue weighted by Crippen LogP contribution is 2.22. The summed E-state index contributed by atoms with van der Waals surface area (Å²) in [5.74, 6) is 0. The van der Waals surface area contributed by atoms with E-state index >= 15 is 0 Å². The molecule has 0 aliphatic carbocycles. The highest BCUT2D eigenvalue weighted by molar-refractivity contribution is 6.86. The van der Waals surface area contributed by atoms with Gasteiger partial charge in [-0.05, 0) is 71.5 Å². The number of rotatable bonds is 10. The summed E-state index contributed by atoms with van der Waals surface area (Å²) in [6.45, 7) is 24.1. The fourth-order valence-electron chi connectivity index (χ4n) is 2.53. The lowest BCUT2D eigenvalue weighted by Gasteiger charge is -2.38. The lowest BCUT2D eigenvalue weighted by molar-refractivity contribution is 0.314. The van der Waals surface area contributed by atoms with Gasteiger partial charge in [-0.1, -0.05) is 13.3 Å². The van der Waals surface area contributed by atoms with E-state index in [1.54, 1.807) is 0 Å². The molecule has 0 amide bonds. The Labute approximate surface area is 144 Å². The molecule has 0 aromatic heterocycles. The first-order valence-corrected chi connectivity index (χ1v) is 22.5. The van der Waals surface area contributed by atoms with E-state index < -0.39 is 43.0 Å². The molecule has 0 aliphatic rings. The van der Waals surface area contributed by atoms with Crippen molar-refractivity contribution in [3.05, 3.63) is 0 Å². The summed E-state index contributed by atoms with van der Waals surface area (Å²) >= 11 is 0. The van der Waals surface area contributed by atoms with Crippen LogP contribution < -0.4 is 0 Å². The quantitative estimate of drug-likeness (QED) is 0.497. The van der Waals surface area contributed by atoms with E-state index in [0.717, 1.165) is 12.5 Å². The van der Waals surface area contributed by atoms with Crippen molar-refractivity contribution in [3.63, 3.8) is 0 Å². The minimum absolute atomic E-state index is 1.02. The summed E-state index contributed by atoms with van der Waals surface area (Å²) in [4.78, 5) is 0. The van der Waals surface area contributed by atoms with Gasteiger partial charge in [0.1, 0.15) is 0 Å². The first kappa shape index (κ1) is 22.9. The Bertz CT molecular complexity index is 306. The molecule has 0 saturated heterocycles. The van der Waals surface area contributed by atoms with Crippen molar-refractivity contribution in [2.24, 2.45) is 0 Å². The van der Waals surface area contributed by atoms with Crippen LogP contribution >= 0.6 is 0 Å². The highest BCUT2D eigenvalue weighted by atomic mass is 28.5. The molecule has 0 saturated carbocycles. The van der Waals surface area contributed by atoms with E-state index in [1.165, 1.54) is 0 Å². The average Bonchev–Trinajstić information content (AvgIpc) is 2.06. The Hall–Kier alpha value is 0.924. The Morgan fingerprint density at radius 1 is 0.636 bits per heavy atom. The molecule has 9 heteroatoms. The van der Waals surface area contributed by atoms with Crippen molar-refractivity contribution in [1.82, 2.24) is 0 Å². The molecule has 0 aromatic rings. The van der Waals surface area contributed by atoms with Gasteiger partial charge in [-0.2, -0.15) is 0 Å². The second kappa shape index (κ2) is 8.34. The normalized spacial score (nSPS) is 14.7. The lowest BCUT2D eigenvalue weighted by atomic mass is 10.6. The van der Waals surface area contributed by atoms with E-state index in [-0.39, 0.29) is 0 Å². The smallest absolute Gasteiger partial charge is 0.312 e. The Morgan fingerprint density at radius 3 is 1.18 bits per heavy atom. The molecule has 0 spiro atoms. The molecule has 0 heterocycles. The van der Waals surface area contributed by atoms with Crippen LogP contribution in [0, 0.1) is 0 Å². The van der Waals surface area contributed by atoms with Crippen LogP contribution in [0.4, 0.5) is 0 Å². The zero-order valence-corrected chi connectivity index (χ0v) is 21.8. The van der Waals surface area contributed by atoms with Crippen LogP contribution in [0.2, 0.25) is 71.5 Å². The van der Waals surface area contributed by atoms with Crippen LogP contribution in [-0.2, 0) is 16.5 Å². The molecular weight excluding hydrogens is 361 g/mol.